The summed E-state index contributed by atoms with van der Waals surface area (Å²) >= 11 is 0. The van der Waals surface area contributed by atoms with E-state index in [2.05, 4.69) is 42.4 Å². The smallest absolute Gasteiger partial charge is 0.166 e. The van der Waals surface area contributed by atoms with Gasteiger partial charge < -0.3 is 5.32 Å². The van der Waals surface area contributed by atoms with E-state index in [-0.39, 0.29) is 0 Å². The summed E-state index contributed by atoms with van der Waals surface area (Å²) in [5.74, 6) is 2.11. The van der Waals surface area contributed by atoms with Gasteiger partial charge in [0.05, 0.1) is 5.69 Å². The Morgan fingerprint density at radius 2 is 1.95 bits per heavy atom. The van der Waals surface area contributed by atoms with Crippen LogP contribution in [0.2, 0.25) is 0 Å². The third-order valence-corrected chi connectivity index (χ3v) is 4.78. The van der Waals surface area contributed by atoms with Gasteiger partial charge in [-0.3, -0.25) is 0 Å². The van der Waals surface area contributed by atoms with Crippen LogP contribution in [-0.2, 0) is 12.8 Å². The lowest BCUT2D eigenvalue weighted by Gasteiger charge is -2.29. The summed E-state index contributed by atoms with van der Waals surface area (Å²) in [6.07, 6.45) is 6.92. The average molecular weight is 286 g/mol. The van der Waals surface area contributed by atoms with Crippen LogP contribution in [0, 0.1) is 23.2 Å². The van der Waals surface area contributed by atoms with Crippen molar-refractivity contribution >= 4 is 5.82 Å². The minimum absolute atomic E-state index is 0.671. The van der Waals surface area contributed by atoms with Crippen molar-refractivity contribution in [3.05, 3.63) is 16.8 Å². The van der Waals surface area contributed by atoms with Crippen LogP contribution in [0.4, 0.5) is 5.82 Å². The summed E-state index contributed by atoms with van der Waals surface area (Å²) in [7, 11) is 0. The molecule has 1 aromatic heterocycles. The SMILES string of the molecule is CCc1nnc(NCC2CCCCC2C)c(C#N)c1CC. The van der Waals surface area contributed by atoms with Gasteiger partial charge in [-0.05, 0) is 36.7 Å². The van der Waals surface area contributed by atoms with E-state index in [1.54, 1.807) is 0 Å². The standard InChI is InChI=1S/C17H26N4/c1-4-14-15(10-18)17(21-20-16(14)5-2)19-11-13-9-7-6-8-12(13)3/h12-13H,4-9,11H2,1-3H3,(H,19,21). The number of nitrogens with one attached hydrogen (secondary N) is 1. The number of aryl methyl sites for hydroxylation is 1. The molecule has 0 aliphatic heterocycles. The summed E-state index contributed by atoms with van der Waals surface area (Å²) in [5.41, 5.74) is 2.69. The second kappa shape index (κ2) is 7.40. The van der Waals surface area contributed by atoms with Gasteiger partial charge in [0.2, 0.25) is 0 Å². The maximum Gasteiger partial charge on any atom is 0.166 e. The molecule has 1 aliphatic rings. The van der Waals surface area contributed by atoms with Crippen LogP contribution >= 0.6 is 0 Å². The van der Waals surface area contributed by atoms with Gasteiger partial charge in [-0.1, -0.05) is 40.0 Å². The van der Waals surface area contributed by atoms with Gasteiger partial charge in [0.15, 0.2) is 5.82 Å². The van der Waals surface area contributed by atoms with E-state index < -0.39 is 0 Å². The fourth-order valence-electron chi connectivity index (χ4n) is 3.34. The molecule has 1 heterocycles. The lowest BCUT2D eigenvalue weighted by molar-refractivity contribution is 0.268. The van der Waals surface area contributed by atoms with Crippen LogP contribution in [0.25, 0.3) is 0 Å². The highest BCUT2D eigenvalue weighted by Crippen LogP contribution is 2.30. The Bertz CT molecular complexity index is 518. The Kier molecular flexibility index (Phi) is 5.55. The van der Waals surface area contributed by atoms with Gasteiger partial charge in [-0.2, -0.15) is 10.4 Å². The molecule has 1 fully saturated rings. The molecule has 2 rings (SSSR count). The highest BCUT2D eigenvalue weighted by Gasteiger charge is 2.22. The van der Waals surface area contributed by atoms with E-state index in [1.165, 1.54) is 25.7 Å². The van der Waals surface area contributed by atoms with Crippen LogP contribution in [0.1, 0.15) is 63.3 Å². The van der Waals surface area contributed by atoms with E-state index in [4.69, 9.17) is 0 Å². The Balaban J connectivity index is 2.14. The van der Waals surface area contributed by atoms with Crippen LogP contribution in [0.3, 0.4) is 0 Å². The van der Waals surface area contributed by atoms with Crippen LogP contribution < -0.4 is 5.32 Å². The van der Waals surface area contributed by atoms with Crippen molar-refractivity contribution in [2.75, 3.05) is 11.9 Å². The average Bonchev–Trinajstić information content (AvgIpc) is 2.52. The van der Waals surface area contributed by atoms with Crippen molar-refractivity contribution in [3.8, 4) is 6.07 Å². The van der Waals surface area contributed by atoms with Gasteiger partial charge in [0, 0.05) is 6.54 Å². The van der Waals surface area contributed by atoms with Crippen LogP contribution in [-0.4, -0.2) is 16.7 Å². The van der Waals surface area contributed by atoms with Gasteiger partial charge in [-0.15, -0.1) is 5.10 Å². The Labute approximate surface area is 128 Å². The van der Waals surface area contributed by atoms with Gasteiger partial charge >= 0.3 is 0 Å². The fourth-order valence-corrected chi connectivity index (χ4v) is 3.34. The first kappa shape index (κ1) is 15.8. The molecule has 4 nitrogen and oxygen atoms in total. The molecule has 4 heteroatoms. The highest BCUT2D eigenvalue weighted by molar-refractivity contribution is 5.56. The predicted octanol–water partition coefficient (Wildman–Crippen LogP) is 3.71. The minimum Gasteiger partial charge on any atom is -0.367 e. The molecule has 0 saturated heterocycles. The number of anilines is 1. The summed E-state index contributed by atoms with van der Waals surface area (Å²) in [4.78, 5) is 0. The number of hydrogen-bond donors (Lipinski definition) is 1. The normalized spacial score (nSPS) is 21.8. The lowest BCUT2D eigenvalue weighted by atomic mass is 9.80. The number of hydrogen-bond acceptors (Lipinski definition) is 4. The molecule has 0 spiro atoms. The molecule has 114 valence electrons. The Hall–Kier alpha value is -1.63. The van der Waals surface area contributed by atoms with Gasteiger partial charge in [0.25, 0.3) is 0 Å². The summed E-state index contributed by atoms with van der Waals surface area (Å²) in [6, 6.07) is 2.32. The molecular formula is C17H26N4. The maximum absolute atomic E-state index is 9.48. The molecule has 0 amide bonds. The van der Waals surface area contributed by atoms with Gasteiger partial charge in [-0.25, -0.2) is 0 Å². The number of nitrogens with zero attached hydrogens (tertiary/aromatic N) is 3. The van der Waals surface area contributed by atoms with E-state index in [9.17, 15) is 5.26 Å². The minimum atomic E-state index is 0.671. The number of aromatic nitrogens is 2. The van der Waals surface area contributed by atoms with Crippen molar-refractivity contribution in [1.29, 1.82) is 5.26 Å². The topological polar surface area (TPSA) is 61.6 Å². The van der Waals surface area contributed by atoms with Crippen molar-refractivity contribution in [3.63, 3.8) is 0 Å². The number of rotatable bonds is 5. The molecule has 0 aromatic carbocycles. The molecule has 1 saturated carbocycles. The zero-order valence-electron chi connectivity index (χ0n) is 13.4. The summed E-state index contributed by atoms with van der Waals surface area (Å²) < 4.78 is 0. The zero-order chi connectivity index (χ0) is 15.2. The molecule has 0 bridgehead atoms. The second-order valence-electron chi connectivity index (χ2n) is 6.07. The second-order valence-corrected chi connectivity index (χ2v) is 6.07. The maximum atomic E-state index is 9.48. The first-order chi connectivity index (χ1) is 10.2. The molecule has 2 atom stereocenters. The zero-order valence-corrected chi connectivity index (χ0v) is 13.4. The third-order valence-electron chi connectivity index (χ3n) is 4.78. The molecule has 2 unspecified atom stereocenters. The number of nitriles is 1. The summed E-state index contributed by atoms with van der Waals surface area (Å²) in [6.45, 7) is 7.37. The van der Waals surface area contributed by atoms with Crippen molar-refractivity contribution in [1.82, 2.24) is 10.2 Å². The van der Waals surface area contributed by atoms with E-state index in [0.717, 1.165) is 36.6 Å². The largest absolute Gasteiger partial charge is 0.367 e. The van der Waals surface area contributed by atoms with Crippen LogP contribution in [0.5, 0.6) is 0 Å². The van der Waals surface area contributed by atoms with E-state index in [0.29, 0.717) is 17.3 Å². The first-order valence-electron chi connectivity index (χ1n) is 8.23. The highest BCUT2D eigenvalue weighted by atomic mass is 15.2. The monoisotopic (exact) mass is 286 g/mol. The predicted molar refractivity (Wildman–Crippen MR) is 85.1 cm³/mol. The lowest BCUT2D eigenvalue weighted by Crippen LogP contribution is -2.25. The Morgan fingerprint density at radius 3 is 2.57 bits per heavy atom. The third kappa shape index (κ3) is 3.53. The molecule has 0 radical (unpaired) electrons. The van der Waals surface area contributed by atoms with E-state index in [1.807, 2.05) is 0 Å². The first-order valence-corrected chi connectivity index (χ1v) is 8.23. The summed E-state index contributed by atoms with van der Waals surface area (Å²) in [5, 5.41) is 21.4. The van der Waals surface area contributed by atoms with E-state index >= 15 is 0 Å². The van der Waals surface area contributed by atoms with Gasteiger partial charge in [0.1, 0.15) is 11.6 Å². The molecule has 1 aromatic rings. The van der Waals surface area contributed by atoms with Crippen molar-refractivity contribution < 1.29 is 0 Å². The molecule has 21 heavy (non-hydrogen) atoms. The molecule has 1 N–H and O–H groups in total. The quantitative estimate of drug-likeness (QED) is 0.896. The molecular weight excluding hydrogens is 260 g/mol. The van der Waals surface area contributed by atoms with Crippen LogP contribution in [0.15, 0.2) is 0 Å². The fraction of sp³-hybridized carbons (Fsp3) is 0.706. The Morgan fingerprint density at radius 1 is 1.19 bits per heavy atom. The van der Waals surface area contributed by atoms with Crippen molar-refractivity contribution in [2.45, 2.75) is 59.3 Å². The van der Waals surface area contributed by atoms with Crippen molar-refractivity contribution in [2.24, 2.45) is 11.8 Å². The molecule has 1 aliphatic carbocycles.